The van der Waals surface area contributed by atoms with E-state index in [9.17, 15) is 0 Å². The summed E-state index contributed by atoms with van der Waals surface area (Å²) in [5.41, 5.74) is 3.26. The number of thiophene rings is 2. The molecule has 0 amide bonds. The monoisotopic (exact) mass is 576 g/mol. The van der Waals surface area contributed by atoms with Gasteiger partial charge < -0.3 is 0 Å². The van der Waals surface area contributed by atoms with Crippen LogP contribution in [0.2, 0.25) is 0 Å². The molecule has 35 heavy (non-hydrogen) atoms. The van der Waals surface area contributed by atoms with Crippen LogP contribution in [0.25, 0.3) is 30.2 Å². The van der Waals surface area contributed by atoms with Crippen LogP contribution in [0.1, 0.15) is 76.3 Å². The van der Waals surface area contributed by atoms with Gasteiger partial charge in [-0.1, -0.05) is 26.2 Å². The molecular weight excluding hydrogens is 541 g/mol. The van der Waals surface area contributed by atoms with Gasteiger partial charge in [0, 0.05) is 0 Å². The van der Waals surface area contributed by atoms with Crippen LogP contribution in [0, 0.1) is 11.6 Å². The normalized spacial score (nSPS) is 11.4. The summed E-state index contributed by atoms with van der Waals surface area (Å²) in [6.07, 6.45) is 11.6. The van der Waals surface area contributed by atoms with Crippen LogP contribution < -0.4 is 0 Å². The summed E-state index contributed by atoms with van der Waals surface area (Å²) in [6.45, 7) is 4.43. The van der Waals surface area contributed by atoms with Gasteiger partial charge in [0.15, 0.2) is 0 Å². The summed E-state index contributed by atoms with van der Waals surface area (Å²) >= 11 is 3.45. The topological polar surface area (TPSA) is 0 Å². The van der Waals surface area contributed by atoms with Crippen LogP contribution in [0.3, 0.4) is 0 Å². The number of aryl methyl sites for hydroxylation is 2. The number of unbranched alkanes of at least 4 members (excludes halogenated alkanes) is 6. The van der Waals surface area contributed by atoms with Crippen molar-refractivity contribution in [2.24, 2.45) is 0 Å². The molecule has 0 N–H and O–H groups in total. The van der Waals surface area contributed by atoms with Crippen molar-refractivity contribution in [3.05, 3.63) is 69.5 Å². The first kappa shape index (κ1) is 26.5. The van der Waals surface area contributed by atoms with Crippen molar-refractivity contribution >= 4 is 37.2 Å². The van der Waals surface area contributed by atoms with Gasteiger partial charge in [0.1, 0.15) is 0 Å². The quantitative estimate of drug-likeness (QED) is 0.110. The zero-order valence-corrected chi connectivity index (χ0v) is 24.0. The van der Waals surface area contributed by atoms with E-state index in [2.05, 4.69) is 42.4 Å². The van der Waals surface area contributed by atoms with E-state index >= 15 is 8.78 Å². The van der Waals surface area contributed by atoms with Crippen LogP contribution in [0.15, 0.2) is 46.7 Å². The molecular formula is C30H34F2S2Se. The fraction of sp³-hybridized carbons (Fsp3) is 0.400. The van der Waals surface area contributed by atoms with Crippen LogP contribution in [-0.2, 0) is 12.8 Å². The number of benzene rings is 1. The second kappa shape index (κ2) is 13.1. The van der Waals surface area contributed by atoms with Gasteiger partial charge in [-0.3, -0.25) is 0 Å². The molecule has 0 nitrogen and oxygen atoms in total. The standard InChI is InChI=1S/C30H34F2S2Se/c1-3-5-7-9-12-21-16-27(33-20-21)23-18-26(32)24(19-25(23)31)28-17-22(13-10-8-6-4-2)30(34-28)29-14-11-15-35-29/h11,14-20H,3-10,12-13H2,1-2H3. The molecule has 4 rings (SSSR count). The van der Waals surface area contributed by atoms with Gasteiger partial charge in [0.05, 0.1) is 0 Å². The molecule has 0 spiro atoms. The van der Waals surface area contributed by atoms with Gasteiger partial charge in [-0.05, 0) is 6.42 Å². The number of rotatable bonds is 13. The van der Waals surface area contributed by atoms with Gasteiger partial charge in [-0.2, -0.15) is 0 Å². The Morgan fingerprint density at radius 2 is 1.46 bits per heavy atom. The number of halogens is 2. The summed E-state index contributed by atoms with van der Waals surface area (Å²) < 4.78 is 32.0. The summed E-state index contributed by atoms with van der Waals surface area (Å²) in [7, 11) is 0. The molecule has 0 fully saturated rings. The molecule has 0 aliphatic heterocycles. The summed E-state index contributed by atoms with van der Waals surface area (Å²) in [4.78, 5) is 5.12. The molecule has 0 unspecified atom stereocenters. The van der Waals surface area contributed by atoms with Crippen molar-refractivity contribution in [2.45, 2.75) is 78.1 Å². The molecule has 4 aromatic rings. The van der Waals surface area contributed by atoms with Crippen molar-refractivity contribution in [2.75, 3.05) is 0 Å². The Hall–Kier alpha value is -1.52. The first-order chi connectivity index (χ1) is 17.1. The zero-order valence-electron chi connectivity index (χ0n) is 20.7. The molecule has 5 heteroatoms. The Morgan fingerprint density at radius 3 is 2.11 bits per heavy atom. The van der Waals surface area contributed by atoms with E-state index in [0.29, 0.717) is 25.6 Å². The van der Waals surface area contributed by atoms with E-state index in [1.54, 1.807) is 11.3 Å². The molecule has 0 atom stereocenters. The van der Waals surface area contributed by atoms with E-state index in [4.69, 9.17) is 0 Å². The number of hydrogen-bond donors (Lipinski definition) is 0. The Morgan fingerprint density at radius 1 is 0.771 bits per heavy atom. The minimum atomic E-state index is -0.341. The molecule has 0 aliphatic carbocycles. The molecule has 0 bridgehead atoms. The summed E-state index contributed by atoms with van der Waals surface area (Å²) in [6, 6.07) is 11.3. The third-order valence-corrected chi connectivity index (χ3v) is 10.8. The predicted octanol–water partition coefficient (Wildman–Crippen LogP) is 10.4. The molecule has 0 radical (unpaired) electrons. The van der Waals surface area contributed by atoms with Crippen LogP contribution >= 0.6 is 22.7 Å². The molecule has 3 aromatic heterocycles. The Bertz CT molecular complexity index is 1200. The van der Waals surface area contributed by atoms with Gasteiger partial charge in [0.2, 0.25) is 0 Å². The Labute approximate surface area is 222 Å². The van der Waals surface area contributed by atoms with Crippen molar-refractivity contribution in [3.63, 3.8) is 0 Å². The van der Waals surface area contributed by atoms with E-state index in [-0.39, 0.29) is 11.6 Å². The SMILES string of the molecule is CCCCCCc1csc(-c2cc(F)c(-c3cc(CCCCCC)c(-c4ccc[se]4)s3)cc2F)c1. The molecule has 1 aromatic carbocycles. The second-order valence-corrected chi connectivity index (χ2v) is 13.1. The fourth-order valence-corrected chi connectivity index (χ4v) is 8.53. The Balaban J connectivity index is 1.58. The van der Waals surface area contributed by atoms with Crippen LogP contribution in [0.4, 0.5) is 8.78 Å². The average Bonchev–Trinajstić information content (AvgIpc) is 3.62. The maximum absolute atomic E-state index is 15.4. The van der Waals surface area contributed by atoms with E-state index in [1.165, 1.54) is 82.4 Å². The average molecular weight is 576 g/mol. The molecule has 0 saturated heterocycles. The van der Waals surface area contributed by atoms with Crippen molar-refractivity contribution in [3.8, 4) is 30.2 Å². The third-order valence-electron chi connectivity index (χ3n) is 6.41. The first-order valence-corrected chi connectivity index (χ1v) is 16.4. The van der Waals surface area contributed by atoms with Crippen molar-refractivity contribution in [1.29, 1.82) is 0 Å². The van der Waals surface area contributed by atoms with Crippen molar-refractivity contribution < 1.29 is 8.78 Å². The zero-order chi connectivity index (χ0) is 24.6. The van der Waals surface area contributed by atoms with E-state index in [1.807, 2.05) is 6.07 Å². The fourth-order valence-electron chi connectivity index (χ4n) is 4.43. The number of hydrogen-bond acceptors (Lipinski definition) is 2. The van der Waals surface area contributed by atoms with E-state index in [0.717, 1.165) is 35.4 Å². The maximum atomic E-state index is 15.4. The molecule has 3 heterocycles. The first-order valence-electron chi connectivity index (χ1n) is 12.8. The molecule has 0 saturated carbocycles. The van der Waals surface area contributed by atoms with Crippen molar-refractivity contribution in [1.82, 2.24) is 0 Å². The molecule has 186 valence electrons. The van der Waals surface area contributed by atoms with E-state index < -0.39 is 0 Å². The predicted molar refractivity (Wildman–Crippen MR) is 151 cm³/mol. The van der Waals surface area contributed by atoms with Gasteiger partial charge in [0.25, 0.3) is 0 Å². The summed E-state index contributed by atoms with van der Waals surface area (Å²) in [5, 5.41) is 2.09. The summed E-state index contributed by atoms with van der Waals surface area (Å²) in [5.74, 6) is -0.681. The minimum absolute atomic E-state index is 0.321. The van der Waals surface area contributed by atoms with Crippen LogP contribution in [0.5, 0.6) is 0 Å². The Kier molecular flexibility index (Phi) is 9.97. The molecule has 0 aliphatic rings. The third kappa shape index (κ3) is 6.83. The van der Waals surface area contributed by atoms with Gasteiger partial charge in [-0.25, -0.2) is 0 Å². The van der Waals surface area contributed by atoms with Crippen LogP contribution in [-0.4, -0.2) is 14.5 Å². The second-order valence-electron chi connectivity index (χ2n) is 9.19. The van der Waals surface area contributed by atoms with Gasteiger partial charge >= 0.3 is 191 Å². The van der Waals surface area contributed by atoms with Gasteiger partial charge in [-0.15, -0.1) is 0 Å².